The van der Waals surface area contributed by atoms with Crippen LogP contribution < -0.4 is 10.5 Å². The summed E-state index contributed by atoms with van der Waals surface area (Å²) >= 11 is 0. The lowest BCUT2D eigenvalue weighted by Crippen LogP contribution is -2.63. The first-order valence-corrected chi connectivity index (χ1v) is 7.69. The van der Waals surface area contributed by atoms with Gasteiger partial charge in [0.25, 0.3) is 0 Å². The van der Waals surface area contributed by atoms with Crippen molar-refractivity contribution in [2.75, 3.05) is 0 Å². The van der Waals surface area contributed by atoms with Gasteiger partial charge in [-0.2, -0.15) is 5.10 Å². The molecule has 0 saturated heterocycles. The van der Waals surface area contributed by atoms with Gasteiger partial charge in [0.05, 0.1) is 12.4 Å². The third kappa shape index (κ3) is 2.27. The molecule has 2 N–H and O–H groups in total. The molecule has 0 aromatic carbocycles. The van der Waals surface area contributed by atoms with Crippen molar-refractivity contribution in [1.82, 2.24) is 9.78 Å². The minimum atomic E-state index is 0.241. The first-order valence-electron chi connectivity index (χ1n) is 7.69. The molecule has 2 unspecified atom stereocenters. The van der Waals surface area contributed by atoms with E-state index in [1.165, 1.54) is 38.5 Å². The Bertz CT molecular complexity index is 421. The minimum absolute atomic E-state index is 0.241. The summed E-state index contributed by atoms with van der Waals surface area (Å²) in [7, 11) is 0. The zero-order chi connectivity index (χ0) is 13.3. The second-order valence-electron chi connectivity index (χ2n) is 6.13. The number of hydrogen-bond acceptors (Lipinski definition) is 3. The van der Waals surface area contributed by atoms with Crippen molar-refractivity contribution in [2.45, 2.75) is 70.6 Å². The fourth-order valence-electron chi connectivity index (χ4n) is 3.77. The van der Waals surface area contributed by atoms with Gasteiger partial charge in [-0.3, -0.25) is 4.68 Å². The predicted octanol–water partition coefficient (Wildman–Crippen LogP) is 2.72. The molecule has 3 rings (SSSR count). The van der Waals surface area contributed by atoms with Crippen LogP contribution in [0.1, 0.15) is 51.9 Å². The zero-order valence-corrected chi connectivity index (χ0v) is 11.8. The van der Waals surface area contributed by atoms with Crippen LogP contribution in [0.4, 0.5) is 0 Å². The van der Waals surface area contributed by atoms with E-state index in [0.29, 0.717) is 12.1 Å². The Morgan fingerprint density at radius 2 is 2.11 bits per heavy atom. The highest BCUT2D eigenvalue weighted by Crippen LogP contribution is 2.51. The van der Waals surface area contributed by atoms with Gasteiger partial charge in [0.1, 0.15) is 6.10 Å². The number of hydrogen-bond donors (Lipinski definition) is 1. The topological polar surface area (TPSA) is 53.1 Å². The molecular weight excluding hydrogens is 238 g/mol. The first-order chi connectivity index (χ1) is 9.24. The number of aryl methyl sites for hydroxylation is 1. The molecule has 0 bridgehead atoms. The van der Waals surface area contributed by atoms with Crippen LogP contribution in [0.2, 0.25) is 0 Å². The van der Waals surface area contributed by atoms with Crippen molar-refractivity contribution >= 4 is 0 Å². The number of ether oxygens (including phenoxy) is 1. The standard InChI is InChI=1S/C15H25N3O/c1-2-18-11-12(10-17-18)19-14-9-13(16)15(14)7-5-3-4-6-8-15/h10-11,13-14H,2-9,16H2,1H3. The summed E-state index contributed by atoms with van der Waals surface area (Å²) in [6.45, 7) is 2.97. The average molecular weight is 263 g/mol. The summed E-state index contributed by atoms with van der Waals surface area (Å²) < 4.78 is 8.10. The van der Waals surface area contributed by atoms with Gasteiger partial charge in [-0.25, -0.2) is 0 Å². The van der Waals surface area contributed by atoms with Gasteiger partial charge in [-0.1, -0.05) is 25.7 Å². The van der Waals surface area contributed by atoms with E-state index in [2.05, 4.69) is 12.0 Å². The zero-order valence-electron chi connectivity index (χ0n) is 11.8. The molecular formula is C15H25N3O. The fourth-order valence-corrected chi connectivity index (χ4v) is 3.77. The van der Waals surface area contributed by atoms with Gasteiger partial charge in [0, 0.05) is 24.4 Å². The van der Waals surface area contributed by atoms with E-state index in [9.17, 15) is 0 Å². The Kier molecular flexibility index (Phi) is 3.52. The highest BCUT2D eigenvalue weighted by molar-refractivity contribution is 5.16. The van der Waals surface area contributed by atoms with E-state index in [1.807, 2.05) is 17.1 Å². The lowest BCUT2D eigenvalue weighted by atomic mass is 9.58. The summed E-state index contributed by atoms with van der Waals surface area (Å²) in [5.74, 6) is 0.905. The van der Waals surface area contributed by atoms with E-state index in [4.69, 9.17) is 10.5 Å². The van der Waals surface area contributed by atoms with Gasteiger partial charge in [-0.05, 0) is 19.8 Å². The van der Waals surface area contributed by atoms with Crippen LogP contribution in [0.3, 0.4) is 0 Å². The SMILES string of the molecule is CCn1cc(OC2CC(N)C23CCCCCC3)cn1. The molecule has 2 aliphatic rings. The number of nitrogens with two attached hydrogens (primary N) is 1. The van der Waals surface area contributed by atoms with E-state index >= 15 is 0 Å². The van der Waals surface area contributed by atoms with Gasteiger partial charge in [-0.15, -0.1) is 0 Å². The molecule has 1 aromatic heterocycles. The molecule has 4 heteroatoms. The number of aromatic nitrogens is 2. The number of nitrogens with zero attached hydrogens (tertiary/aromatic N) is 2. The van der Waals surface area contributed by atoms with E-state index in [-0.39, 0.29) is 5.41 Å². The normalized spacial score (nSPS) is 29.8. The van der Waals surface area contributed by atoms with Gasteiger partial charge in [0.2, 0.25) is 0 Å². The van der Waals surface area contributed by atoms with Crippen LogP contribution in [-0.2, 0) is 6.54 Å². The molecule has 0 amide bonds. The molecule has 0 aliphatic heterocycles. The molecule has 4 nitrogen and oxygen atoms in total. The Morgan fingerprint density at radius 3 is 2.68 bits per heavy atom. The van der Waals surface area contributed by atoms with E-state index in [0.717, 1.165) is 18.7 Å². The molecule has 2 aliphatic carbocycles. The van der Waals surface area contributed by atoms with E-state index < -0.39 is 0 Å². The lowest BCUT2D eigenvalue weighted by Gasteiger charge is -2.54. The first kappa shape index (κ1) is 13.0. The highest BCUT2D eigenvalue weighted by atomic mass is 16.5. The maximum absolute atomic E-state index is 6.33. The summed E-state index contributed by atoms with van der Waals surface area (Å²) in [6.07, 6.45) is 12.9. The average Bonchev–Trinajstić information content (AvgIpc) is 2.71. The third-order valence-corrected chi connectivity index (χ3v) is 5.09. The molecule has 2 fully saturated rings. The number of rotatable bonds is 3. The third-order valence-electron chi connectivity index (χ3n) is 5.09. The van der Waals surface area contributed by atoms with Crippen LogP contribution in [0.25, 0.3) is 0 Å². The van der Waals surface area contributed by atoms with Crippen molar-refractivity contribution in [3.8, 4) is 5.75 Å². The molecule has 0 radical (unpaired) electrons. The Labute approximate surface area is 115 Å². The van der Waals surface area contributed by atoms with Crippen molar-refractivity contribution < 1.29 is 4.74 Å². The van der Waals surface area contributed by atoms with Crippen LogP contribution in [0, 0.1) is 5.41 Å². The molecule has 1 heterocycles. The van der Waals surface area contributed by atoms with Crippen LogP contribution in [-0.4, -0.2) is 21.9 Å². The lowest BCUT2D eigenvalue weighted by molar-refractivity contribution is -0.0770. The van der Waals surface area contributed by atoms with Crippen molar-refractivity contribution in [2.24, 2.45) is 11.1 Å². The van der Waals surface area contributed by atoms with Crippen molar-refractivity contribution in [1.29, 1.82) is 0 Å². The van der Waals surface area contributed by atoms with Crippen molar-refractivity contribution in [3.05, 3.63) is 12.4 Å². The Balaban J connectivity index is 1.70. The largest absolute Gasteiger partial charge is 0.486 e. The van der Waals surface area contributed by atoms with Gasteiger partial charge < -0.3 is 10.5 Å². The van der Waals surface area contributed by atoms with Gasteiger partial charge in [0.15, 0.2) is 5.75 Å². The maximum Gasteiger partial charge on any atom is 0.157 e. The highest BCUT2D eigenvalue weighted by Gasteiger charge is 2.54. The predicted molar refractivity (Wildman–Crippen MR) is 75.0 cm³/mol. The molecule has 19 heavy (non-hydrogen) atoms. The molecule has 1 aromatic rings. The molecule has 2 saturated carbocycles. The quantitative estimate of drug-likeness (QED) is 0.912. The van der Waals surface area contributed by atoms with Crippen LogP contribution >= 0.6 is 0 Å². The smallest absolute Gasteiger partial charge is 0.157 e. The summed E-state index contributed by atoms with van der Waals surface area (Å²) in [5.41, 5.74) is 6.57. The fraction of sp³-hybridized carbons (Fsp3) is 0.800. The molecule has 2 atom stereocenters. The monoisotopic (exact) mass is 263 g/mol. The van der Waals surface area contributed by atoms with Crippen LogP contribution in [0.5, 0.6) is 5.75 Å². The Morgan fingerprint density at radius 1 is 1.37 bits per heavy atom. The summed E-state index contributed by atoms with van der Waals surface area (Å²) in [6, 6.07) is 0.330. The maximum atomic E-state index is 6.33. The summed E-state index contributed by atoms with van der Waals surface area (Å²) in [4.78, 5) is 0. The molecule has 1 spiro atoms. The van der Waals surface area contributed by atoms with Crippen molar-refractivity contribution in [3.63, 3.8) is 0 Å². The van der Waals surface area contributed by atoms with E-state index in [1.54, 1.807) is 0 Å². The Hall–Kier alpha value is -1.03. The minimum Gasteiger partial charge on any atom is -0.486 e. The van der Waals surface area contributed by atoms with Crippen LogP contribution in [0.15, 0.2) is 12.4 Å². The summed E-state index contributed by atoms with van der Waals surface area (Å²) in [5, 5.41) is 4.28. The second-order valence-corrected chi connectivity index (χ2v) is 6.13. The molecule has 106 valence electrons. The van der Waals surface area contributed by atoms with Gasteiger partial charge >= 0.3 is 0 Å². The second kappa shape index (κ2) is 5.16.